The number of amides is 2. The van der Waals surface area contributed by atoms with Crippen molar-refractivity contribution in [2.24, 2.45) is 0 Å². The SMILES string of the molecule is Cc1cc(Br)cc(C)c1NC(=O)NCCNc1ncccc1C#N. The Morgan fingerprint density at radius 3 is 2.67 bits per heavy atom. The molecule has 6 nitrogen and oxygen atoms in total. The molecule has 2 aromatic rings. The summed E-state index contributed by atoms with van der Waals surface area (Å²) in [4.78, 5) is 16.1. The van der Waals surface area contributed by atoms with Gasteiger partial charge in [-0.15, -0.1) is 0 Å². The van der Waals surface area contributed by atoms with E-state index in [2.05, 4.69) is 42.9 Å². The van der Waals surface area contributed by atoms with E-state index in [0.717, 1.165) is 21.3 Å². The molecule has 0 aliphatic rings. The minimum absolute atomic E-state index is 0.271. The number of carbonyl (C=O) groups excluding carboxylic acids is 1. The smallest absolute Gasteiger partial charge is 0.319 e. The van der Waals surface area contributed by atoms with Gasteiger partial charge in [0.2, 0.25) is 0 Å². The van der Waals surface area contributed by atoms with Crippen molar-refractivity contribution in [1.82, 2.24) is 10.3 Å². The highest BCUT2D eigenvalue weighted by Crippen LogP contribution is 2.24. The lowest BCUT2D eigenvalue weighted by Crippen LogP contribution is -2.33. The Hall–Kier alpha value is -2.59. The quantitative estimate of drug-likeness (QED) is 0.684. The fourth-order valence-electron chi connectivity index (χ4n) is 2.26. The molecule has 3 N–H and O–H groups in total. The maximum absolute atomic E-state index is 12.0. The largest absolute Gasteiger partial charge is 0.367 e. The molecule has 0 aliphatic heterocycles. The van der Waals surface area contributed by atoms with Crippen LogP contribution in [0, 0.1) is 25.2 Å². The number of anilines is 2. The number of aryl methyl sites for hydroxylation is 2. The molecule has 0 fully saturated rings. The number of nitrogens with one attached hydrogen (secondary N) is 3. The third-order valence-corrected chi connectivity index (χ3v) is 3.82. The highest BCUT2D eigenvalue weighted by molar-refractivity contribution is 9.10. The van der Waals surface area contributed by atoms with E-state index >= 15 is 0 Å². The zero-order valence-corrected chi connectivity index (χ0v) is 15.1. The molecule has 0 saturated carbocycles. The normalized spacial score (nSPS) is 9.92. The molecule has 1 heterocycles. The molecule has 1 aromatic carbocycles. The molecule has 124 valence electrons. The first-order chi connectivity index (χ1) is 11.5. The van der Waals surface area contributed by atoms with Crippen LogP contribution in [0.3, 0.4) is 0 Å². The van der Waals surface area contributed by atoms with Crippen molar-refractivity contribution in [1.29, 1.82) is 5.26 Å². The predicted molar refractivity (Wildman–Crippen MR) is 98.1 cm³/mol. The van der Waals surface area contributed by atoms with E-state index in [1.165, 1.54) is 0 Å². The van der Waals surface area contributed by atoms with E-state index in [1.54, 1.807) is 18.3 Å². The van der Waals surface area contributed by atoms with Crippen molar-refractivity contribution in [3.05, 3.63) is 51.6 Å². The van der Waals surface area contributed by atoms with Crippen molar-refractivity contribution in [2.45, 2.75) is 13.8 Å². The molecule has 2 amide bonds. The molecule has 0 saturated heterocycles. The molecular formula is C17H18BrN5O. The summed E-state index contributed by atoms with van der Waals surface area (Å²) in [6, 6.07) is 9.10. The van der Waals surface area contributed by atoms with Crippen LogP contribution >= 0.6 is 15.9 Å². The minimum Gasteiger partial charge on any atom is -0.367 e. The number of hydrogen-bond donors (Lipinski definition) is 3. The zero-order chi connectivity index (χ0) is 17.5. The van der Waals surface area contributed by atoms with Crippen LogP contribution in [-0.4, -0.2) is 24.1 Å². The van der Waals surface area contributed by atoms with E-state index in [9.17, 15) is 4.79 Å². The van der Waals surface area contributed by atoms with Gasteiger partial charge in [0.05, 0.1) is 5.56 Å². The zero-order valence-electron chi connectivity index (χ0n) is 13.5. The number of rotatable bonds is 5. The Balaban J connectivity index is 1.83. The van der Waals surface area contributed by atoms with Gasteiger partial charge in [-0.25, -0.2) is 9.78 Å². The summed E-state index contributed by atoms with van der Waals surface area (Å²) in [5, 5.41) is 17.7. The van der Waals surface area contributed by atoms with Crippen molar-refractivity contribution in [3.8, 4) is 6.07 Å². The molecule has 0 unspecified atom stereocenters. The van der Waals surface area contributed by atoms with Crippen LogP contribution < -0.4 is 16.0 Å². The van der Waals surface area contributed by atoms with Gasteiger partial charge >= 0.3 is 6.03 Å². The third kappa shape index (κ3) is 4.70. The first kappa shape index (κ1) is 17.8. The van der Waals surface area contributed by atoms with Gasteiger partial charge < -0.3 is 16.0 Å². The lowest BCUT2D eigenvalue weighted by molar-refractivity contribution is 0.252. The number of pyridine rings is 1. The summed E-state index contributed by atoms with van der Waals surface area (Å²) in [5.74, 6) is 0.516. The summed E-state index contributed by atoms with van der Waals surface area (Å²) < 4.78 is 0.983. The monoisotopic (exact) mass is 387 g/mol. The highest BCUT2D eigenvalue weighted by Gasteiger charge is 2.08. The fourth-order valence-corrected chi connectivity index (χ4v) is 2.95. The van der Waals surface area contributed by atoms with Gasteiger partial charge in [-0.05, 0) is 49.2 Å². The summed E-state index contributed by atoms with van der Waals surface area (Å²) >= 11 is 3.43. The van der Waals surface area contributed by atoms with Crippen LogP contribution in [-0.2, 0) is 0 Å². The number of nitrogens with zero attached hydrogens (tertiary/aromatic N) is 2. The van der Waals surface area contributed by atoms with E-state index in [1.807, 2.05) is 26.0 Å². The average Bonchev–Trinajstić information content (AvgIpc) is 2.55. The van der Waals surface area contributed by atoms with Crippen LogP contribution in [0.15, 0.2) is 34.9 Å². The topological polar surface area (TPSA) is 89.8 Å². The minimum atomic E-state index is -0.271. The Morgan fingerprint density at radius 2 is 2.00 bits per heavy atom. The Kier molecular flexibility index (Phi) is 6.15. The highest BCUT2D eigenvalue weighted by atomic mass is 79.9. The van der Waals surface area contributed by atoms with E-state index in [4.69, 9.17) is 5.26 Å². The van der Waals surface area contributed by atoms with Crippen molar-refractivity contribution >= 4 is 33.5 Å². The van der Waals surface area contributed by atoms with E-state index in [0.29, 0.717) is 24.5 Å². The second kappa shape index (κ2) is 8.31. The number of aromatic nitrogens is 1. The molecule has 0 radical (unpaired) electrons. The van der Waals surface area contributed by atoms with Crippen molar-refractivity contribution in [2.75, 3.05) is 23.7 Å². The molecule has 0 spiro atoms. The van der Waals surface area contributed by atoms with Crippen LogP contribution in [0.25, 0.3) is 0 Å². The molecule has 0 bridgehead atoms. The fraction of sp³-hybridized carbons (Fsp3) is 0.235. The summed E-state index contributed by atoms with van der Waals surface area (Å²) in [7, 11) is 0. The molecule has 1 aromatic heterocycles. The number of hydrogen-bond acceptors (Lipinski definition) is 4. The van der Waals surface area contributed by atoms with Gasteiger partial charge in [0, 0.05) is 29.4 Å². The second-order valence-corrected chi connectivity index (χ2v) is 6.15. The standard InChI is InChI=1S/C17H18BrN5O/c1-11-8-14(18)9-12(2)15(11)23-17(24)22-7-6-21-16-13(10-19)4-3-5-20-16/h3-5,8-9H,6-7H2,1-2H3,(H,20,21)(H2,22,23,24). The molecule has 0 aliphatic carbocycles. The van der Waals surface area contributed by atoms with E-state index in [-0.39, 0.29) is 6.03 Å². The van der Waals surface area contributed by atoms with Gasteiger partial charge in [-0.2, -0.15) is 5.26 Å². The van der Waals surface area contributed by atoms with E-state index < -0.39 is 0 Å². The van der Waals surface area contributed by atoms with Gasteiger partial charge in [-0.3, -0.25) is 0 Å². The van der Waals surface area contributed by atoms with Crippen molar-refractivity contribution in [3.63, 3.8) is 0 Å². The van der Waals surface area contributed by atoms with Crippen LogP contribution in [0.4, 0.5) is 16.3 Å². The van der Waals surface area contributed by atoms with Gasteiger partial charge in [0.25, 0.3) is 0 Å². The molecule has 7 heteroatoms. The van der Waals surface area contributed by atoms with Crippen LogP contribution in [0.5, 0.6) is 0 Å². The molecule has 2 rings (SSSR count). The van der Waals surface area contributed by atoms with Crippen LogP contribution in [0.1, 0.15) is 16.7 Å². The Bertz CT molecular complexity index is 762. The lowest BCUT2D eigenvalue weighted by atomic mass is 10.1. The first-order valence-corrected chi connectivity index (χ1v) is 8.21. The number of nitriles is 1. The average molecular weight is 388 g/mol. The summed E-state index contributed by atoms with van der Waals surface area (Å²) in [6.45, 7) is 4.76. The Morgan fingerprint density at radius 1 is 1.29 bits per heavy atom. The number of benzene rings is 1. The maximum atomic E-state index is 12.0. The second-order valence-electron chi connectivity index (χ2n) is 5.23. The predicted octanol–water partition coefficient (Wildman–Crippen LogP) is 3.57. The van der Waals surface area contributed by atoms with Crippen molar-refractivity contribution < 1.29 is 4.79 Å². The molecule has 0 atom stereocenters. The van der Waals surface area contributed by atoms with Crippen LogP contribution in [0.2, 0.25) is 0 Å². The summed E-state index contributed by atoms with van der Waals surface area (Å²) in [5.41, 5.74) is 3.26. The lowest BCUT2D eigenvalue weighted by Gasteiger charge is -2.13. The summed E-state index contributed by atoms with van der Waals surface area (Å²) in [6.07, 6.45) is 1.61. The number of halogens is 1. The Labute approximate surface area is 149 Å². The third-order valence-electron chi connectivity index (χ3n) is 3.37. The molecule has 24 heavy (non-hydrogen) atoms. The van der Waals surface area contributed by atoms with Gasteiger partial charge in [0.15, 0.2) is 0 Å². The maximum Gasteiger partial charge on any atom is 0.319 e. The van der Waals surface area contributed by atoms with Gasteiger partial charge in [-0.1, -0.05) is 15.9 Å². The van der Waals surface area contributed by atoms with Gasteiger partial charge in [0.1, 0.15) is 11.9 Å². The molecular weight excluding hydrogens is 370 g/mol. The number of urea groups is 1. The number of carbonyl (C=O) groups is 1. The first-order valence-electron chi connectivity index (χ1n) is 7.42.